The van der Waals surface area contributed by atoms with Crippen LogP contribution in [0, 0.1) is 5.82 Å². The molecule has 0 bridgehead atoms. The molecule has 90 valence electrons. The fourth-order valence-corrected chi connectivity index (χ4v) is 1.64. The molecule has 0 aliphatic carbocycles. The summed E-state index contributed by atoms with van der Waals surface area (Å²) in [6.45, 7) is 1.96. The van der Waals surface area contributed by atoms with Crippen molar-refractivity contribution < 1.29 is 9.13 Å². The summed E-state index contributed by atoms with van der Waals surface area (Å²) in [5.41, 5.74) is 3.37. The topological polar surface area (TPSA) is 47.3 Å². The molecular formula is C12H19FN2O. The van der Waals surface area contributed by atoms with Gasteiger partial charge < -0.3 is 4.74 Å². The summed E-state index contributed by atoms with van der Waals surface area (Å²) in [4.78, 5) is 0. The van der Waals surface area contributed by atoms with Gasteiger partial charge >= 0.3 is 0 Å². The molecule has 0 saturated heterocycles. The normalized spacial score (nSPS) is 14.8. The molecule has 0 aliphatic rings. The zero-order valence-corrected chi connectivity index (χ0v) is 9.74. The molecule has 2 unspecified atom stereocenters. The highest BCUT2D eigenvalue weighted by Gasteiger charge is 2.13. The molecule has 16 heavy (non-hydrogen) atoms. The van der Waals surface area contributed by atoms with Gasteiger partial charge in [-0.1, -0.05) is 18.2 Å². The first-order chi connectivity index (χ1) is 7.67. The first-order valence-corrected chi connectivity index (χ1v) is 5.39. The van der Waals surface area contributed by atoms with Crippen LogP contribution in [0.4, 0.5) is 4.39 Å². The summed E-state index contributed by atoms with van der Waals surface area (Å²) in [6.07, 6.45) is 1.42. The van der Waals surface area contributed by atoms with Crippen LogP contribution in [0.25, 0.3) is 0 Å². The zero-order valence-electron chi connectivity index (χ0n) is 9.74. The summed E-state index contributed by atoms with van der Waals surface area (Å²) >= 11 is 0. The molecule has 0 aliphatic heterocycles. The maximum absolute atomic E-state index is 13.4. The number of methoxy groups -OCH3 is 1. The van der Waals surface area contributed by atoms with Crippen LogP contribution in [0.3, 0.4) is 0 Å². The van der Waals surface area contributed by atoms with Crippen LogP contribution < -0.4 is 11.3 Å². The molecule has 0 fully saturated rings. The fourth-order valence-electron chi connectivity index (χ4n) is 1.64. The number of hydrogen-bond acceptors (Lipinski definition) is 3. The van der Waals surface area contributed by atoms with Crippen LogP contribution in [-0.4, -0.2) is 19.3 Å². The predicted molar refractivity (Wildman–Crippen MR) is 62.3 cm³/mol. The third-order valence-electron chi connectivity index (χ3n) is 2.68. The summed E-state index contributed by atoms with van der Waals surface area (Å²) in [5.74, 6) is 5.26. The monoisotopic (exact) mass is 226 g/mol. The molecule has 3 nitrogen and oxygen atoms in total. The number of benzene rings is 1. The molecule has 3 N–H and O–H groups in total. The highest BCUT2D eigenvalue weighted by Crippen LogP contribution is 2.12. The highest BCUT2D eigenvalue weighted by atomic mass is 19.1. The maximum Gasteiger partial charge on any atom is 0.126 e. The van der Waals surface area contributed by atoms with Gasteiger partial charge in [-0.2, -0.15) is 0 Å². The van der Waals surface area contributed by atoms with Crippen molar-refractivity contribution in [2.45, 2.75) is 31.9 Å². The number of nitrogens with one attached hydrogen (secondary N) is 1. The van der Waals surface area contributed by atoms with Crippen molar-refractivity contribution in [3.63, 3.8) is 0 Å². The molecule has 1 rings (SSSR count). The minimum atomic E-state index is -0.187. The quantitative estimate of drug-likeness (QED) is 0.572. The summed E-state index contributed by atoms with van der Waals surface area (Å²) < 4.78 is 18.6. The Bertz CT molecular complexity index is 320. The van der Waals surface area contributed by atoms with Crippen molar-refractivity contribution in [2.24, 2.45) is 5.84 Å². The van der Waals surface area contributed by atoms with Crippen molar-refractivity contribution >= 4 is 0 Å². The van der Waals surface area contributed by atoms with Crippen molar-refractivity contribution in [1.82, 2.24) is 5.43 Å². The van der Waals surface area contributed by atoms with E-state index in [1.807, 2.05) is 13.0 Å². The molecule has 0 amide bonds. The van der Waals surface area contributed by atoms with Gasteiger partial charge in [0.1, 0.15) is 5.82 Å². The Morgan fingerprint density at radius 2 is 2.12 bits per heavy atom. The summed E-state index contributed by atoms with van der Waals surface area (Å²) in [6, 6.07) is 6.76. The van der Waals surface area contributed by atoms with E-state index in [2.05, 4.69) is 5.43 Å². The number of halogens is 1. The number of rotatable bonds is 6. The lowest BCUT2D eigenvalue weighted by Gasteiger charge is -2.19. The third-order valence-corrected chi connectivity index (χ3v) is 2.68. The van der Waals surface area contributed by atoms with E-state index in [1.54, 1.807) is 19.2 Å². The SMILES string of the molecule is COC(C)CC(Cc1ccccc1F)NN. The zero-order chi connectivity index (χ0) is 12.0. The van der Waals surface area contributed by atoms with E-state index in [4.69, 9.17) is 10.6 Å². The Morgan fingerprint density at radius 1 is 1.44 bits per heavy atom. The molecule has 0 saturated carbocycles. The number of nitrogens with two attached hydrogens (primary N) is 1. The lowest BCUT2D eigenvalue weighted by molar-refractivity contribution is 0.100. The molecular weight excluding hydrogens is 207 g/mol. The van der Waals surface area contributed by atoms with Crippen LogP contribution in [0.5, 0.6) is 0 Å². The molecule has 0 heterocycles. The second-order valence-corrected chi connectivity index (χ2v) is 3.94. The van der Waals surface area contributed by atoms with E-state index < -0.39 is 0 Å². The van der Waals surface area contributed by atoms with Gasteiger partial charge in [-0.15, -0.1) is 0 Å². The minimum absolute atomic E-state index is 0.0202. The van der Waals surface area contributed by atoms with Gasteiger partial charge in [0.2, 0.25) is 0 Å². The predicted octanol–water partition coefficient (Wildman–Crippen LogP) is 1.63. The first-order valence-electron chi connectivity index (χ1n) is 5.39. The molecule has 1 aromatic rings. The lowest BCUT2D eigenvalue weighted by Crippen LogP contribution is -2.39. The molecule has 0 spiro atoms. The van der Waals surface area contributed by atoms with Gasteiger partial charge in [-0.3, -0.25) is 11.3 Å². The van der Waals surface area contributed by atoms with Crippen LogP contribution in [0.2, 0.25) is 0 Å². The second-order valence-electron chi connectivity index (χ2n) is 3.94. The Kier molecular flexibility index (Phi) is 5.38. The molecule has 0 aromatic heterocycles. The smallest absolute Gasteiger partial charge is 0.126 e. The summed E-state index contributed by atoms with van der Waals surface area (Å²) in [5, 5.41) is 0. The second kappa shape index (κ2) is 6.58. The average Bonchev–Trinajstić information content (AvgIpc) is 2.30. The van der Waals surface area contributed by atoms with Crippen LogP contribution in [0.15, 0.2) is 24.3 Å². The Morgan fingerprint density at radius 3 is 2.69 bits per heavy atom. The van der Waals surface area contributed by atoms with Gasteiger partial charge in [-0.25, -0.2) is 4.39 Å². The van der Waals surface area contributed by atoms with E-state index in [0.717, 1.165) is 6.42 Å². The van der Waals surface area contributed by atoms with Crippen molar-refractivity contribution in [3.05, 3.63) is 35.6 Å². The molecule has 1 aromatic carbocycles. The van der Waals surface area contributed by atoms with Crippen LogP contribution >= 0.6 is 0 Å². The van der Waals surface area contributed by atoms with E-state index >= 15 is 0 Å². The van der Waals surface area contributed by atoms with E-state index in [-0.39, 0.29) is 18.0 Å². The van der Waals surface area contributed by atoms with Crippen LogP contribution in [0.1, 0.15) is 18.9 Å². The van der Waals surface area contributed by atoms with Gasteiger partial charge in [-0.05, 0) is 31.4 Å². The minimum Gasteiger partial charge on any atom is -0.382 e. The average molecular weight is 226 g/mol. The van der Waals surface area contributed by atoms with Crippen molar-refractivity contribution in [2.75, 3.05) is 7.11 Å². The first kappa shape index (κ1) is 13.1. The number of hydrogen-bond donors (Lipinski definition) is 2. The Hall–Kier alpha value is -0.970. The molecule has 0 radical (unpaired) electrons. The third kappa shape index (κ3) is 3.89. The maximum atomic E-state index is 13.4. The van der Waals surface area contributed by atoms with Crippen molar-refractivity contribution in [3.8, 4) is 0 Å². The Labute approximate surface area is 95.8 Å². The number of ether oxygens (including phenoxy) is 1. The summed E-state index contributed by atoms with van der Waals surface area (Å²) in [7, 11) is 1.65. The van der Waals surface area contributed by atoms with Crippen LogP contribution in [-0.2, 0) is 11.2 Å². The highest BCUT2D eigenvalue weighted by molar-refractivity contribution is 5.18. The Balaban J connectivity index is 2.60. The molecule has 2 atom stereocenters. The van der Waals surface area contributed by atoms with Gasteiger partial charge in [0.25, 0.3) is 0 Å². The standard InChI is InChI=1S/C12H19FN2O/c1-9(16-2)7-11(15-14)8-10-5-3-4-6-12(10)13/h3-6,9,11,15H,7-8,14H2,1-2H3. The largest absolute Gasteiger partial charge is 0.382 e. The van der Waals surface area contributed by atoms with E-state index in [0.29, 0.717) is 12.0 Å². The van der Waals surface area contributed by atoms with Gasteiger partial charge in [0.05, 0.1) is 6.10 Å². The van der Waals surface area contributed by atoms with E-state index in [9.17, 15) is 4.39 Å². The van der Waals surface area contributed by atoms with Gasteiger partial charge in [0, 0.05) is 13.2 Å². The van der Waals surface area contributed by atoms with E-state index in [1.165, 1.54) is 6.07 Å². The number of hydrazine groups is 1. The fraction of sp³-hybridized carbons (Fsp3) is 0.500. The molecule has 4 heteroatoms. The van der Waals surface area contributed by atoms with Gasteiger partial charge in [0.15, 0.2) is 0 Å². The lowest BCUT2D eigenvalue weighted by atomic mass is 10.0. The van der Waals surface area contributed by atoms with Crippen molar-refractivity contribution in [1.29, 1.82) is 0 Å².